The van der Waals surface area contributed by atoms with E-state index in [1.807, 2.05) is 55.5 Å². The largest absolute Gasteiger partial charge is 0.343 e. The summed E-state index contributed by atoms with van der Waals surface area (Å²) in [7, 11) is 0. The van der Waals surface area contributed by atoms with Crippen LogP contribution >= 0.6 is 12.2 Å². The highest BCUT2D eigenvalue weighted by Gasteiger charge is 2.16. The second-order valence-corrected chi connectivity index (χ2v) is 6.03. The van der Waals surface area contributed by atoms with Crippen molar-refractivity contribution in [3.05, 3.63) is 64.3 Å². The Hall–Kier alpha value is -3.10. The molecule has 0 radical (unpaired) electrons. The summed E-state index contributed by atoms with van der Waals surface area (Å²) in [6.45, 7) is 2.03. The van der Waals surface area contributed by atoms with Gasteiger partial charge in [-0.3, -0.25) is 0 Å². The molecule has 2 aromatic heterocycles. The van der Waals surface area contributed by atoms with E-state index in [1.54, 1.807) is 0 Å². The second-order valence-electron chi connectivity index (χ2n) is 5.62. The standard InChI is InChI=1S/C19H12N4S/c1-11-6-8-12(9-7-11)16-14(10-20)19(24)21-17-13-4-2-3-5-15(13)22-23-18(16)17/h2-9H,1H3,(H,21,24). The summed E-state index contributed by atoms with van der Waals surface area (Å²) in [6, 6.07) is 17.9. The Morgan fingerprint density at radius 3 is 2.54 bits per heavy atom. The Morgan fingerprint density at radius 1 is 1.04 bits per heavy atom. The van der Waals surface area contributed by atoms with Gasteiger partial charge in [-0.05, 0) is 18.6 Å². The number of hydrogen-bond donors (Lipinski definition) is 1. The van der Waals surface area contributed by atoms with Crippen molar-refractivity contribution in [3.8, 4) is 17.2 Å². The number of aromatic amines is 1. The lowest BCUT2D eigenvalue weighted by atomic mass is 9.98. The van der Waals surface area contributed by atoms with E-state index in [-0.39, 0.29) is 0 Å². The summed E-state index contributed by atoms with van der Waals surface area (Å²) < 4.78 is 0.415. The number of nitrogens with one attached hydrogen (secondary N) is 1. The summed E-state index contributed by atoms with van der Waals surface area (Å²) in [6.07, 6.45) is 0. The van der Waals surface area contributed by atoms with Crippen molar-refractivity contribution in [2.45, 2.75) is 6.92 Å². The van der Waals surface area contributed by atoms with Crippen molar-refractivity contribution >= 4 is 34.2 Å². The van der Waals surface area contributed by atoms with Gasteiger partial charge in [0, 0.05) is 10.9 Å². The summed E-state index contributed by atoms with van der Waals surface area (Å²) in [5, 5.41) is 19.2. The first-order valence-corrected chi connectivity index (χ1v) is 7.88. The molecule has 0 unspecified atom stereocenters. The predicted octanol–water partition coefficient (Wildman–Crippen LogP) is 4.69. The summed E-state index contributed by atoms with van der Waals surface area (Å²) in [4.78, 5) is 3.16. The fraction of sp³-hybridized carbons (Fsp3) is 0.0526. The zero-order valence-corrected chi connectivity index (χ0v) is 13.7. The number of aromatic nitrogens is 3. The van der Waals surface area contributed by atoms with E-state index in [9.17, 15) is 5.26 Å². The van der Waals surface area contributed by atoms with Gasteiger partial charge in [-0.25, -0.2) is 0 Å². The van der Waals surface area contributed by atoms with Crippen LogP contribution < -0.4 is 0 Å². The molecule has 1 N–H and O–H groups in total. The minimum Gasteiger partial charge on any atom is -0.343 e. The molecule has 4 rings (SSSR count). The first kappa shape index (κ1) is 14.5. The maximum atomic E-state index is 9.60. The van der Waals surface area contributed by atoms with Gasteiger partial charge in [-0.1, -0.05) is 60.2 Å². The smallest absolute Gasteiger partial charge is 0.122 e. The molecule has 2 aromatic carbocycles. The number of aryl methyl sites for hydroxylation is 1. The van der Waals surface area contributed by atoms with Crippen LogP contribution in [0.25, 0.3) is 33.1 Å². The van der Waals surface area contributed by atoms with Crippen LogP contribution in [-0.2, 0) is 0 Å². The minimum absolute atomic E-state index is 0.415. The zero-order chi connectivity index (χ0) is 16.7. The van der Waals surface area contributed by atoms with Gasteiger partial charge in [0.15, 0.2) is 0 Å². The Labute approximate surface area is 143 Å². The van der Waals surface area contributed by atoms with Crippen LogP contribution in [0.3, 0.4) is 0 Å². The van der Waals surface area contributed by atoms with Crippen molar-refractivity contribution < 1.29 is 0 Å². The molecule has 0 atom stereocenters. The Kier molecular flexibility index (Phi) is 3.33. The fourth-order valence-electron chi connectivity index (χ4n) is 2.87. The molecule has 114 valence electrons. The van der Waals surface area contributed by atoms with Crippen molar-refractivity contribution in [1.82, 2.24) is 15.2 Å². The topological polar surface area (TPSA) is 65.4 Å². The number of rotatable bonds is 1. The van der Waals surface area contributed by atoms with Gasteiger partial charge in [0.1, 0.15) is 16.2 Å². The summed E-state index contributed by atoms with van der Waals surface area (Å²) in [5.41, 5.74) is 5.46. The molecule has 5 heteroatoms. The van der Waals surface area contributed by atoms with Gasteiger partial charge in [0.25, 0.3) is 0 Å². The van der Waals surface area contributed by atoms with E-state index in [0.29, 0.717) is 15.7 Å². The first-order chi connectivity index (χ1) is 11.7. The van der Waals surface area contributed by atoms with Gasteiger partial charge in [0.2, 0.25) is 0 Å². The van der Waals surface area contributed by atoms with Gasteiger partial charge in [-0.15, -0.1) is 10.2 Å². The van der Waals surface area contributed by atoms with Crippen LogP contribution in [-0.4, -0.2) is 15.2 Å². The normalized spacial score (nSPS) is 10.8. The van der Waals surface area contributed by atoms with Crippen LogP contribution in [0.1, 0.15) is 11.1 Å². The summed E-state index contributed by atoms with van der Waals surface area (Å²) in [5.74, 6) is 0. The fourth-order valence-corrected chi connectivity index (χ4v) is 3.12. The SMILES string of the molecule is Cc1ccc(-c2c(C#N)c(=S)[nH]c3c2nnc2ccccc23)cc1. The molecule has 0 aliphatic rings. The number of nitrogens with zero attached hydrogens (tertiary/aromatic N) is 3. The highest BCUT2D eigenvalue weighted by Crippen LogP contribution is 2.32. The highest BCUT2D eigenvalue weighted by molar-refractivity contribution is 7.71. The second kappa shape index (κ2) is 5.52. The van der Waals surface area contributed by atoms with Crippen molar-refractivity contribution in [2.24, 2.45) is 0 Å². The molecular formula is C19H12N4S. The number of fused-ring (bicyclic) bond motifs is 3. The van der Waals surface area contributed by atoms with Gasteiger partial charge in [-0.2, -0.15) is 5.26 Å². The quantitative estimate of drug-likeness (QED) is 0.407. The molecule has 0 fully saturated rings. The van der Waals surface area contributed by atoms with Crippen LogP contribution in [0, 0.1) is 22.9 Å². The van der Waals surface area contributed by atoms with Crippen LogP contribution in [0.4, 0.5) is 0 Å². The average Bonchev–Trinajstić information content (AvgIpc) is 2.61. The lowest BCUT2D eigenvalue weighted by Gasteiger charge is -2.10. The monoisotopic (exact) mass is 328 g/mol. The molecule has 0 aliphatic heterocycles. The van der Waals surface area contributed by atoms with E-state index >= 15 is 0 Å². The molecular weight excluding hydrogens is 316 g/mol. The molecule has 0 bridgehead atoms. The number of benzene rings is 2. The molecule has 0 spiro atoms. The molecule has 0 aliphatic carbocycles. The highest BCUT2D eigenvalue weighted by atomic mass is 32.1. The van der Waals surface area contributed by atoms with E-state index in [2.05, 4.69) is 21.3 Å². The Bertz CT molecular complexity index is 1180. The first-order valence-electron chi connectivity index (χ1n) is 7.47. The van der Waals surface area contributed by atoms with Crippen LogP contribution in [0.2, 0.25) is 0 Å². The van der Waals surface area contributed by atoms with Gasteiger partial charge >= 0.3 is 0 Å². The third kappa shape index (κ3) is 2.16. The molecule has 4 nitrogen and oxygen atoms in total. The maximum Gasteiger partial charge on any atom is 0.122 e. The van der Waals surface area contributed by atoms with Crippen molar-refractivity contribution in [3.63, 3.8) is 0 Å². The number of hydrogen-bond acceptors (Lipinski definition) is 4. The van der Waals surface area contributed by atoms with Crippen LogP contribution in [0.15, 0.2) is 48.5 Å². The third-order valence-corrected chi connectivity index (χ3v) is 4.38. The van der Waals surface area contributed by atoms with Crippen LogP contribution in [0.5, 0.6) is 0 Å². The Balaban J connectivity index is 2.22. The molecule has 4 aromatic rings. The number of H-pyrrole nitrogens is 1. The molecule has 2 heterocycles. The van der Waals surface area contributed by atoms with E-state index in [0.717, 1.165) is 33.1 Å². The minimum atomic E-state index is 0.415. The Morgan fingerprint density at radius 2 is 1.79 bits per heavy atom. The van der Waals surface area contributed by atoms with E-state index < -0.39 is 0 Å². The molecule has 0 saturated heterocycles. The average molecular weight is 328 g/mol. The van der Waals surface area contributed by atoms with E-state index in [4.69, 9.17) is 12.2 Å². The van der Waals surface area contributed by atoms with Crippen molar-refractivity contribution in [1.29, 1.82) is 5.26 Å². The third-order valence-electron chi connectivity index (χ3n) is 4.07. The lowest BCUT2D eigenvalue weighted by molar-refractivity contribution is 1.11. The molecule has 0 saturated carbocycles. The van der Waals surface area contributed by atoms with E-state index in [1.165, 1.54) is 0 Å². The predicted molar refractivity (Wildman–Crippen MR) is 97.1 cm³/mol. The summed E-state index contributed by atoms with van der Waals surface area (Å²) >= 11 is 5.43. The number of pyridine rings is 1. The van der Waals surface area contributed by atoms with Crippen molar-refractivity contribution in [2.75, 3.05) is 0 Å². The maximum absolute atomic E-state index is 9.60. The zero-order valence-electron chi connectivity index (χ0n) is 12.9. The van der Waals surface area contributed by atoms with Gasteiger partial charge in [0.05, 0.1) is 16.6 Å². The molecule has 24 heavy (non-hydrogen) atoms. The lowest BCUT2D eigenvalue weighted by Crippen LogP contribution is -1.97. The molecule has 0 amide bonds. The number of nitriles is 1. The van der Waals surface area contributed by atoms with Gasteiger partial charge < -0.3 is 4.98 Å².